The smallest absolute Gasteiger partial charge is 0.306 e. The van der Waals surface area contributed by atoms with Gasteiger partial charge in [-0.1, -0.05) is 292 Å². The molecule has 0 aliphatic carbocycles. The molecule has 0 rings (SSSR count). The van der Waals surface area contributed by atoms with Crippen molar-refractivity contribution in [1.82, 2.24) is 0 Å². The van der Waals surface area contributed by atoms with Crippen LogP contribution in [0.2, 0.25) is 0 Å². The molecule has 0 radical (unpaired) electrons. The largest absolute Gasteiger partial charge is 0.462 e. The van der Waals surface area contributed by atoms with Crippen molar-refractivity contribution >= 4 is 17.9 Å². The number of hydrogen-bond acceptors (Lipinski definition) is 6. The zero-order chi connectivity index (χ0) is 57.1. The van der Waals surface area contributed by atoms with Gasteiger partial charge in [0.15, 0.2) is 6.10 Å². The molecule has 0 spiro atoms. The van der Waals surface area contributed by atoms with E-state index in [2.05, 4.69) is 106 Å². The molecule has 0 aliphatic heterocycles. The van der Waals surface area contributed by atoms with Crippen LogP contribution in [0.3, 0.4) is 0 Å². The first kappa shape index (κ1) is 75.6. The number of rotatable bonds is 62. The highest BCUT2D eigenvalue weighted by molar-refractivity contribution is 5.71. The van der Waals surface area contributed by atoms with Gasteiger partial charge < -0.3 is 14.2 Å². The Balaban J connectivity index is 4.27. The van der Waals surface area contributed by atoms with Gasteiger partial charge >= 0.3 is 17.9 Å². The maximum atomic E-state index is 12.9. The van der Waals surface area contributed by atoms with Gasteiger partial charge in [-0.25, -0.2) is 0 Å². The number of unbranched alkanes of at least 4 members (excludes halogenated alkanes) is 37. The lowest BCUT2D eigenvalue weighted by molar-refractivity contribution is -0.167. The van der Waals surface area contributed by atoms with Crippen LogP contribution in [-0.4, -0.2) is 37.2 Å². The molecular weight excluding hydrogens is 973 g/mol. The summed E-state index contributed by atoms with van der Waals surface area (Å²) in [6.07, 6.45) is 88.8. The Morgan fingerprint density at radius 2 is 0.494 bits per heavy atom. The van der Waals surface area contributed by atoms with Crippen molar-refractivity contribution < 1.29 is 28.6 Å². The summed E-state index contributed by atoms with van der Waals surface area (Å²) in [6.45, 7) is 6.55. The second kappa shape index (κ2) is 67.1. The van der Waals surface area contributed by atoms with Gasteiger partial charge in [0, 0.05) is 19.3 Å². The molecule has 0 aromatic carbocycles. The average molecular weight is 1100 g/mol. The molecule has 0 fully saturated rings. The summed E-state index contributed by atoms with van der Waals surface area (Å²) in [7, 11) is 0. The Bertz CT molecular complexity index is 1500. The van der Waals surface area contributed by atoms with E-state index in [0.29, 0.717) is 19.3 Å². The Hall–Kier alpha value is -3.41. The summed E-state index contributed by atoms with van der Waals surface area (Å²) in [5, 5.41) is 0. The molecule has 0 saturated heterocycles. The first-order chi connectivity index (χ1) is 39.0. The van der Waals surface area contributed by atoms with Crippen LogP contribution in [0.25, 0.3) is 0 Å². The van der Waals surface area contributed by atoms with Crippen LogP contribution in [0.1, 0.15) is 342 Å². The Morgan fingerprint density at radius 1 is 0.266 bits per heavy atom. The fourth-order valence-corrected chi connectivity index (χ4v) is 9.76. The molecule has 0 N–H and O–H groups in total. The lowest BCUT2D eigenvalue weighted by atomic mass is 10.0. The number of carbonyl (C=O) groups is 3. The van der Waals surface area contributed by atoms with Gasteiger partial charge in [0.05, 0.1) is 0 Å². The van der Waals surface area contributed by atoms with Crippen LogP contribution >= 0.6 is 0 Å². The zero-order valence-electron chi connectivity index (χ0n) is 52.4. The minimum absolute atomic E-state index is 0.0788. The maximum Gasteiger partial charge on any atom is 0.306 e. The average Bonchev–Trinajstić information content (AvgIpc) is 3.45. The van der Waals surface area contributed by atoms with Gasteiger partial charge in [0.2, 0.25) is 0 Å². The van der Waals surface area contributed by atoms with E-state index in [9.17, 15) is 14.4 Å². The third-order valence-corrected chi connectivity index (χ3v) is 14.9. The Morgan fingerprint density at radius 3 is 0.785 bits per heavy atom. The van der Waals surface area contributed by atoms with Gasteiger partial charge in [-0.3, -0.25) is 14.4 Å². The number of carbonyl (C=O) groups excluding carboxylic acids is 3. The van der Waals surface area contributed by atoms with E-state index in [0.717, 1.165) is 96.3 Å². The number of allylic oxidation sites excluding steroid dienone is 14. The molecule has 1 atom stereocenters. The van der Waals surface area contributed by atoms with Crippen LogP contribution in [0.5, 0.6) is 0 Å². The van der Waals surface area contributed by atoms with Crippen molar-refractivity contribution in [3.05, 3.63) is 85.1 Å². The minimum Gasteiger partial charge on any atom is -0.462 e. The van der Waals surface area contributed by atoms with Crippen molar-refractivity contribution in [3.63, 3.8) is 0 Å². The van der Waals surface area contributed by atoms with Crippen LogP contribution in [-0.2, 0) is 28.6 Å². The van der Waals surface area contributed by atoms with Crippen molar-refractivity contribution in [1.29, 1.82) is 0 Å². The molecule has 0 saturated carbocycles. The Labute approximate surface area is 490 Å². The highest BCUT2D eigenvalue weighted by Gasteiger charge is 2.19. The molecule has 1 unspecified atom stereocenters. The van der Waals surface area contributed by atoms with E-state index < -0.39 is 6.10 Å². The summed E-state index contributed by atoms with van der Waals surface area (Å²) in [5.41, 5.74) is 0. The van der Waals surface area contributed by atoms with E-state index in [1.54, 1.807) is 0 Å². The molecule has 456 valence electrons. The standard InChI is InChI=1S/C73H128O6/c1-4-7-10-13-16-19-22-25-28-30-31-32-33-34-35-36-37-38-39-40-41-43-45-48-51-54-57-60-63-66-72(75)78-69-70(68-77-71(74)65-62-59-56-53-50-47-44-27-24-21-18-15-12-9-6-3)79-73(76)67-64-61-58-55-52-49-46-42-29-26-23-20-17-14-11-8-5-2/h7,10,16,19,25-29,31-32,34-35,44,70H,4-6,8-9,11-15,17-18,20-24,30,33,36-43,45-69H2,1-3H3/b10-7-,19-16-,28-25-,29-26-,32-31-,35-34-,44-27-. The van der Waals surface area contributed by atoms with Crippen LogP contribution in [0, 0.1) is 0 Å². The van der Waals surface area contributed by atoms with Crippen molar-refractivity contribution in [2.24, 2.45) is 0 Å². The lowest BCUT2D eigenvalue weighted by Crippen LogP contribution is -2.30. The minimum atomic E-state index is -0.783. The lowest BCUT2D eigenvalue weighted by Gasteiger charge is -2.18. The molecule has 0 aromatic heterocycles. The van der Waals surface area contributed by atoms with Gasteiger partial charge in [0.25, 0.3) is 0 Å². The first-order valence-corrected chi connectivity index (χ1v) is 34.1. The highest BCUT2D eigenvalue weighted by atomic mass is 16.6. The summed E-state index contributed by atoms with van der Waals surface area (Å²) >= 11 is 0. The predicted molar refractivity (Wildman–Crippen MR) is 344 cm³/mol. The molecular formula is C73H128O6. The molecule has 6 heteroatoms. The van der Waals surface area contributed by atoms with Crippen molar-refractivity contribution in [2.45, 2.75) is 348 Å². The predicted octanol–water partition coefficient (Wildman–Crippen LogP) is 23.4. The SMILES string of the molecule is CC/C=C\C/C=C\C/C=C\C/C=C\C/C=C\CCCCCCCCCCCCCCCC(=O)OCC(COC(=O)CCCCCCC/C=C\CCCCCCCC)OC(=O)CCCCCCCCC/C=C\CCCCCCCC. The summed E-state index contributed by atoms with van der Waals surface area (Å²) in [6, 6.07) is 0. The molecule has 0 aliphatic rings. The van der Waals surface area contributed by atoms with E-state index >= 15 is 0 Å². The summed E-state index contributed by atoms with van der Waals surface area (Å²) in [5.74, 6) is -0.876. The highest BCUT2D eigenvalue weighted by Crippen LogP contribution is 2.17. The van der Waals surface area contributed by atoms with E-state index in [1.807, 2.05) is 0 Å². The normalized spacial score (nSPS) is 12.6. The third kappa shape index (κ3) is 65.3. The van der Waals surface area contributed by atoms with E-state index in [4.69, 9.17) is 14.2 Å². The van der Waals surface area contributed by atoms with Crippen LogP contribution in [0.15, 0.2) is 85.1 Å². The monoisotopic (exact) mass is 1100 g/mol. The fourth-order valence-electron chi connectivity index (χ4n) is 9.76. The van der Waals surface area contributed by atoms with Gasteiger partial charge in [-0.2, -0.15) is 0 Å². The Kier molecular flexibility index (Phi) is 64.2. The molecule has 0 bridgehead atoms. The number of ether oxygens (including phenoxy) is 3. The van der Waals surface area contributed by atoms with Gasteiger partial charge in [0.1, 0.15) is 13.2 Å². The van der Waals surface area contributed by atoms with Crippen molar-refractivity contribution in [3.8, 4) is 0 Å². The second-order valence-corrected chi connectivity index (χ2v) is 22.7. The summed E-state index contributed by atoms with van der Waals surface area (Å²) < 4.78 is 17.0. The first-order valence-electron chi connectivity index (χ1n) is 34.1. The second-order valence-electron chi connectivity index (χ2n) is 22.7. The number of esters is 3. The quantitative estimate of drug-likeness (QED) is 0.0261. The van der Waals surface area contributed by atoms with Crippen LogP contribution < -0.4 is 0 Å². The molecule has 79 heavy (non-hydrogen) atoms. The van der Waals surface area contributed by atoms with Gasteiger partial charge in [-0.05, 0) is 116 Å². The van der Waals surface area contributed by atoms with E-state index in [-0.39, 0.29) is 31.1 Å². The molecule has 0 heterocycles. The van der Waals surface area contributed by atoms with E-state index in [1.165, 1.54) is 205 Å². The summed E-state index contributed by atoms with van der Waals surface area (Å²) in [4.78, 5) is 38.4. The maximum absolute atomic E-state index is 12.9. The van der Waals surface area contributed by atoms with Crippen molar-refractivity contribution in [2.75, 3.05) is 13.2 Å². The molecule has 6 nitrogen and oxygen atoms in total. The fraction of sp³-hybridized carbons (Fsp3) is 0.767. The molecule has 0 amide bonds. The van der Waals surface area contributed by atoms with Gasteiger partial charge in [-0.15, -0.1) is 0 Å². The topological polar surface area (TPSA) is 78.9 Å². The third-order valence-electron chi connectivity index (χ3n) is 14.9. The molecule has 0 aromatic rings. The number of hydrogen-bond donors (Lipinski definition) is 0. The zero-order valence-corrected chi connectivity index (χ0v) is 52.4. The van der Waals surface area contributed by atoms with Crippen LogP contribution in [0.4, 0.5) is 0 Å².